The summed E-state index contributed by atoms with van der Waals surface area (Å²) in [6, 6.07) is 16.1. The lowest BCUT2D eigenvalue weighted by Crippen LogP contribution is -2.30. The molecular formula is C23H22N2O6S. The number of hydrogen-bond donors (Lipinski definition) is 4. The molecule has 0 spiro atoms. The molecule has 8 nitrogen and oxygen atoms in total. The molecule has 0 saturated heterocycles. The second kappa shape index (κ2) is 9.47. The third-order valence-corrected chi connectivity index (χ3v) is 6.27. The number of nitrogens with one attached hydrogen (secondary N) is 1. The van der Waals surface area contributed by atoms with E-state index in [4.69, 9.17) is 9.84 Å². The van der Waals surface area contributed by atoms with Crippen LogP contribution in [0.5, 0.6) is 0 Å². The number of benzene rings is 2. The summed E-state index contributed by atoms with van der Waals surface area (Å²) < 4.78 is 5.43. The minimum Gasteiger partial charge on any atom is -0.476 e. The first-order chi connectivity index (χ1) is 15.5. The third kappa shape index (κ3) is 4.50. The fourth-order valence-electron chi connectivity index (χ4n) is 3.85. The lowest BCUT2D eigenvalue weighted by Gasteiger charge is -2.17. The first-order valence-electron chi connectivity index (χ1n) is 10.1. The summed E-state index contributed by atoms with van der Waals surface area (Å²) in [4.78, 5) is 26.8. The molecule has 3 aromatic rings. The zero-order chi connectivity index (χ0) is 22.7. The van der Waals surface area contributed by atoms with E-state index in [1.807, 2.05) is 36.4 Å². The van der Waals surface area contributed by atoms with E-state index >= 15 is 0 Å². The maximum atomic E-state index is 12.2. The Hall–Kier alpha value is -3.27. The van der Waals surface area contributed by atoms with Crippen molar-refractivity contribution >= 4 is 23.4 Å². The third-order valence-electron chi connectivity index (χ3n) is 5.43. The summed E-state index contributed by atoms with van der Waals surface area (Å²) in [5.41, 5.74) is 4.60. The molecule has 1 aromatic heterocycles. The van der Waals surface area contributed by atoms with Gasteiger partial charge in [-0.1, -0.05) is 48.5 Å². The SMILES string of the molecule is O=C(NCCC(O)C(O)c1csc(C(=O)O)n1)OCC1c2ccccc2-c2ccccc21. The molecule has 9 heteroatoms. The normalized spacial score (nSPS) is 14.3. The summed E-state index contributed by atoms with van der Waals surface area (Å²) in [6.45, 7) is 0.257. The lowest BCUT2D eigenvalue weighted by molar-refractivity contribution is 0.0114. The number of ether oxygens (including phenoxy) is 1. The number of aliphatic hydroxyl groups is 2. The van der Waals surface area contributed by atoms with Gasteiger partial charge in [0.05, 0.1) is 11.8 Å². The maximum absolute atomic E-state index is 12.2. The molecule has 0 bridgehead atoms. The molecule has 4 N–H and O–H groups in total. The number of carboxylic acid groups (broad SMARTS) is 1. The molecule has 166 valence electrons. The Morgan fingerprint density at radius 3 is 2.28 bits per heavy atom. The number of hydrogen-bond acceptors (Lipinski definition) is 7. The summed E-state index contributed by atoms with van der Waals surface area (Å²) in [5, 5.41) is 33.0. The highest BCUT2D eigenvalue weighted by molar-refractivity contribution is 7.11. The number of aromatic carboxylic acids is 1. The molecule has 0 saturated carbocycles. The second-order valence-electron chi connectivity index (χ2n) is 7.44. The van der Waals surface area contributed by atoms with E-state index in [0.717, 1.165) is 33.6 Å². The largest absolute Gasteiger partial charge is 0.476 e. The Morgan fingerprint density at radius 2 is 1.69 bits per heavy atom. The van der Waals surface area contributed by atoms with Crippen molar-refractivity contribution in [2.75, 3.05) is 13.2 Å². The van der Waals surface area contributed by atoms with E-state index in [0.29, 0.717) is 0 Å². The predicted octanol–water partition coefficient (Wildman–Crippen LogP) is 3.16. The minimum atomic E-state index is -1.34. The number of carbonyl (C=O) groups excluding carboxylic acids is 1. The van der Waals surface area contributed by atoms with Gasteiger partial charge in [0.15, 0.2) is 0 Å². The number of nitrogens with zero attached hydrogens (tertiary/aromatic N) is 1. The molecule has 0 radical (unpaired) electrons. The number of fused-ring (bicyclic) bond motifs is 3. The van der Waals surface area contributed by atoms with Crippen LogP contribution in [0, 0.1) is 0 Å². The molecular weight excluding hydrogens is 432 g/mol. The van der Waals surface area contributed by atoms with Crippen LogP contribution in [0.1, 0.15) is 45.1 Å². The smallest absolute Gasteiger partial charge is 0.407 e. The van der Waals surface area contributed by atoms with Gasteiger partial charge >= 0.3 is 12.1 Å². The van der Waals surface area contributed by atoms with Gasteiger partial charge in [-0.2, -0.15) is 0 Å². The Kier molecular flexibility index (Phi) is 6.50. The standard InChI is InChI=1S/C23H22N2O6S/c26-19(20(27)18-12-32-21(25-18)22(28)29)9-10-24-23(30)31-11-17-15-7-3-1-5-13(15)14-6-2-4-8-16(14)17/h1-8,12,17,19-20,26-27H,9-11H2,(H,24,30)(H,28,29). The quantitative estimate of drug-likeness (QED) is 0.411. The van der Waals surface area contributed by atoms with Gasteiger partial charge in [0.25, 0.3) is 0 Å². The number of amides is 1. The van der Waals surface area contributed by atoms with Crippen molar-refractivity contribution in [2.45, 2.75) is 24.5 Å². The molecule has 4 rings (SSSR count). The van der Waals surface area contributed by atoms with Crippen molar-refractivity contribution < 1.29 is 29.6 Å². The van der Waals surface area contributed by atoms with E-state index in [9.17, 15) is 19.8 Å². The highest BCUT2D eigenvalue weighted by Crippen LogP contribution is 2.44. The second-order valence-corrected chi connectivity index (χ2v) is 8.29. The van der Waals surface area contributed by atoms with Gasteiger partial charge in [0, 0.05) is 17.8 Å². The van der Waals surface area contributed by atoms with Gasteiger partial charge in [0.1, 0.15) is 12.7 Å². The first kappa shape index (κ1) is 21.9. The van der Waals surface area contributed by atoms with E-state index in [-0.39, 0.29) is 36.2 Å². The summed E-state index contributed by atoms with van der Waals surface area (Å²) in [6.07, 6.45) is -3.13. The first-order valence-corrected chi connectivity index (χ1v) is 11.0. The van der Waals surface area contributed by atoms with Crippen molar-refractivity contribution in [3.8, 4) is 11.1 Å². The Labute approximate surface area is 188 Å². The van der Waals surface area contributed by atoms with Crippen molar-refractivity contribution in [2.24, 2.45) is 0 Å². The van der Waals surface area contributed by atoms with Crippen molar-refractivity contribution in [3.05, 3.63) is 75.7 Å². The zero-order valence-electron chi connectivity index (χ0n) is 17.0. The molecule has 1 heterocycles. The lowest BCUT2D eigenvalue weighted by atomic mass is 9.98. The van der Waals surface area contributed by atoms with E-state index in [2.05, 4.69) is 22.4 Å². The summed E-state index contributed by atoms with van der Waals surface area (Å²) in [5.74, 6) is -1.24. The number of aliphatic hydroxyl groups excluding tert-OH is 2. The van der Waals surface area contributed by atoms with Crippen LogP contribution in [0.3, 0.4) is 0 Å². The van der Waals surface area contributed by atoms with Crippen LogP contribution >= 0.6 is 11.3 Å². The van der Waals surface area contributed by atoms with Crippen molar-refractivity contribution in [3.63, 3.8) is 0 Å². The summed E-state index contributed by atoms with van der Waals surface area (Å²) in [7, 11) is 0. The van der Waals surface area contributed by atoms with Crippen LogP contribution in [-0.4, -0.2) is 51.6 Å². The molecule has 0 fully saturated rings. The van der Waals surface area contributed by atoms with Crippen LogP contribution < -0.4 is 5.32 Å². The average Bonchev–Trinajstić information content (AvgIpc) is 3.41. The number of aromatic nitrogens is 1. The van der Waals surface area contributed by atoms with Crippen LogP contribution in [-0.2, 0) is 4.74 Å². The van der Waals surface area contributed by atoms with Gasteiger partial charge in [-0.05, 0) is 28.7 Å². The fourth-order valence-corrected chi connectivity index (χ4v) is 4.53. The predicted molar refractivity (Wildman–Crippen MR) is 118 cm³/mol. The average molecular weight is 455 g/mol. The van der Waals surface area contributed by atoms with E-state index in [1.54, 1.807) is 0 Å². The van der Waals surface area contributed by atoms with Gasteiger partial charge in [-0.15, -0.1) is 11.3 Å². The van der Waals surface area contributed by atoms with Crippen molar-refractivity contribution in [1.82, 2.24) is 10.3 Å². The molecule has 0 aliphatic heterocycles. The van der Waals surface area contributed by atoms with Crippen LogP contribution in [0.4, 0.5) is 4.79 Å². The topological polar surface area (TPSA) is 129 Å². The monoisotopic (exact) mass is 454 g/mol. The maximum Gasteiger partial charge on any atom is 0.407 e. The van der Waals surface area contributed by atoms with Crippen LogP contribution in [0.15, 0.2) is 53.9 Å². The highest BCUT2D eigenvalue weighted by Gasteiger charge is 2.29. The molecule has 32 heavy (non-hydrogen) atoms. The molecule has 2 atom stereocenters. The summed E-state index contributed by atoms with van der Waals surface area (Å²) >= 11 is 0.870. The van der Waals surface area contributed by atoms with Gasteiger partial charge in [-0.3, -0.25) is 0 Å². The molecule has 2 unspecified atom stereocenters. The van der Waals surface area contributed by atoms with Gasteiger partial charge < -0.3 is 25.4 Å². The van der Waals surface area contributed by atoms with E-state index in [1.165, 1.54) is 5.38 Å². The molecule has 1 amide bonds. The molecule has 2 aromatic carbocycles. The van der Waals surface area contributed by atoms with Crippen LogP contribution in [0.25, 0.3) is 11.1 Å². The number of carbonyl (C=O) groups is 2. The number of carboxylic acids is 1. The number of rotatable bonds is 8. The minimum absolute atomic E-state index is 0.0469. The van der Waals surface area contributed by atoms with E-state index < -0.39 is 24.3 Å². The van der Waals surface area contributed by atoms with Crippen LogP contribution in [0.2, 0.25) is 0 Å². The zero-order valence-corrected chi connectivity index (χ0v) is 17.8. The highest BCUT2D eigenvalue weighted by atomic mass is 32.1. The molecule has 1 aliphatic carbocycles. The van der Waals surface area contributed by atoms with Gasteiger partial charge in [-0.25, -0.2) is 14.6 Å². The Morgan fingerprint density at radius 1 is 1.06 bits per heavy atom. The fraction of sp³-hybridized carbons (Fsp3) is 0.261. The van der Waals surface area contributed by atoms with Crippen molar-refractivity contribution in [1.29, 1.82) is 0 Å². The Balaban J connectivity index is 1.27. The molecule has 1 aliphatic rings. The number of thiazole rings is 1. The Bertz CT molecular complexity index is 1090. The van der Waals surface area contributed by atoms with Gasteiger partial charge in [0.2, 0.25) is 5.01 Å². The number of alkyl carbamates (subject to hydrolysis) is 1.